The first-order valence-corrected chi connectivity index (χ1v) is 15.5. The number of nitrogens with one attached hydrogen (secondary N) is 1. The average Bonchev–Trinajstić information content (AvgIpc) is 2.10. The second-order valence-corrected chi connectivity index (χ2v) is 18.7. The molecule has 0 aliphatic heterocycles. The van der Waals surface area contributed by atoms with Crippen molar-refractivity contribution in [3.05, 3.63) is 0 Å². The van der Waals surface area contributed by atoms with E-state index in [1.807, 2.05) is 53.1 Å². The van der Waals surface area contributed by atoms with Crippen molar-refractivity contribution in [2.24, 2.45) is 11.0 Å². The van der Waals surface area contributed by atoms with E-state index in [1.165, 1.54) is 0 Å². The summed E-state index contributed by atoms with van der Waals surface area (Å²) in [4.78, 5) is 0. The molecule has 1 N–H and O–H groups in total. The molecule has 0 bridgehead atoms. The molecule has 1 atom stereocenters. The summed E-state index contributed by atoms with van der Waals surface area (Å²) < 4.78 is 25.2. The summed E-state index contributed by atoms with van der Waals surface area (Å²) in [6, 6.07) is 0. The van der Waals surface area contributed by atoms with Gasteiger partial charge in [-0.05, 0) is 57.4 Å². The third-order valence-electron chi connectivity index (χ3n) is 2.02. The van der Waals surface area contributed by atoms with Gasteiger partial charge in [0.2, 0.25) is 0 Å². The molecule has 9 heteroatoms. The second-order valence-electron chi connectivity index (χ2n) is 6.97. The second kappa shape index (κ2) is 7.45. The molecule has 0 aliphatic carbocycles. The van der Waals surface area contributed by atoms with Gasteiger partial charge in [0.25, 0.3) is 0 Å². The summed E-state index contributed by atoms with van der Waals surface area (Å²) in [6.45, 7) is 15.9. The van der Waals surface area contributed by atoms with Crippen LogP contribution in [0.2, 0.25) is 39.3 Å². The summed E-state index contributed by atoms with van der Waals surface area (Å²) in [6.07, 6.45) is 0. The van der Waals surface area contributed by atoms with E-state index in [2.05, 4.69) is 27.9 Å². The third-order valence-corrected chi connectivity index (χ3v) is 9.92. The predicted octanol–water partition coefficient (Wildman–Crippen LogP) is 4.47. The molecule has 1 unspecified atom stereocenters. The van der Waals surface area contributed by atoms with Crippen LogP contribution in [0.4, 0.5) is 0 Å². The number of rotatable bonds is 8. The van der Waals surface area contributed by atoms with Gasteiger partial charge in [-0.15, -0.1) is 5.10 Å². The molecule has 0 aromatic carbocycles. The Kier molecular flexibility index (Phi) is 7.52. The molecule has 0 saturated heterocycles. The summed E-state index contributed by atoms with van der Waals surface area (Å²) in [5.41, 5.74) is 2.80. The van der Waals surface area contributed by atoms with Gasteiger partial charge in [0.1, 0.15) is 5.78 Å². The van der Waals surface area contributed by atoms with Crippen LogP contribution in [0, 0.1) is 5.92 Å². The van der Waals surface area contributed by atoms with Crippen LogP contribution in [0.25, 0.3) is 0 Å². The largest absolute Gasteiger partial charge is 0.350 e. The molecular formula is C11H27N2O3PSSi2. The van der Waals surface area contributed by atoms with Crippen molar-refractivity contribution in [1.29, 1.82) is 0 Å². The number of hydrogen-bond acceptors (Lipinski definition) is 6. The van der Waals surface area contributed by atoms with Crippen molar-refractivity contribution < 1.29 is 13.0 Å². The molecule has 0 radical (unpaired) electrons. The van der Waals surface area contributed by atoms with Crippen LogP contribution in [-0.4, -0.2) is 27.6 Å². The van der Waals surface area contributed by atoms with Gasteiger partial charge < -0.3 is 8.43 Å². The first-order chi connectivity index (χ1) is 8.81. The molecule has 0 amide bonds. The minimum Gasteiger partial charge on any atom is -0.350 e. The zero-order valence-electron chi connectivity index (χ0n) is 13.7. The maximum absolute atomic E-state index is 13.3. The summed E-state index contributed by atoms with van der Waals surface area (Å²) in [5, 5.41) is 5.97. The Morgan fingerprint density at radius 1 is 1.10 bits per heavy atom. The number of hydrogen-bond donors (Lipinski definition) is 1. The lowest BCUT2D eigenvalue weighted by molar-refractivity contribution is 0.336. The van der Waals surface area contributed by atoms with E-state index in [1.54, 1.807) is 0 Å². The quantitative estimate of drug-likeness (QED) is 0.229. The summed E-state index contributed by atoms with van der Waals surface area (Å²) >= 11 is 4.57. The summed E-state index contributed by atoms with van der Waals surface area (Å²) in [7, 11) is -7.39. The highest BCUT2D eigenvalue weighted by molar-refractivity contribution is 7.78. The number of isothiocyanates is 1. The fourth-order valence-corrected chi connectivity index (χ4v) is 10.1. The number of hydrazone groups is 1. The molecular weight excluding hydrogens is 327 g/mol. The first-order valence-electron chi connectivity index (χ1n) is 6.64. The van der Waals surface area contributed by atoms with E-state index < -0.39 is 30.0 Å². The molecule has 0 aliphatic rings. The molecule has 5 nitrogen and oxygen atoms in total. The Morgan fingerprint density at radius 3 is 1.75 bits per heavy atom. The van der Waals surface area contributed by atoms with Crippen molar-refractivity contribution >= 4 is 41.6 Å². The minimum absolute atomic E-state index is 0.0284. The number of nitrogens with zero attached hydrogens (tertiary/aromatic N) is 1. The maximum Gasteiger partial charge on any atom is 0.335 e. The van der Waals surface area contributed by atoms with Gasteiger partial charge in [-0.3, -0.25) is 9.99 Å². The van der Waals surface area contributed by atoms with Crippen LogP contribution in [0.15, 0.2) is 5.10 Å². The highest BCUT2D eigenvalue weighted by Gasteiger charge is 2.44. The molecule has 0 saturated carbocycles. The van der Waals surface area contributed by atoms with E-state index in [-0.39, 0.29) is 5.92 Å². The predicted molar refractivity (Wildman–Crippen MR) is 93.3 cm³/mol. The Hall–Kier alpha value is 0.184. The van der Waals surface area contributed by atoms with Crippen LogP contribution in [0.5, 0.6) is 0 Å². The Labute approximate surface area is 130 Å². The van der Waals surface area contributed by atoms with Gasteiger partial charge in [-0.1, -0.05) is 13.8 Å². The van der Waals surface area contributed by atoms with E-state index in [0.717, 1.165) is 0 Å². The van der Waals surface area contributed by atoms with Crippen molar-refractivity contribution in [2.45, 2.75) is 58.9 Å². The lowest BCUT2D eigenvalue weighted by Crippen LogP contribution is -2.39. The molecule has 0 rings (SSSR count). The monoisotopic (exact) mass is 354 g/mol. The smallest absolute Gasteiger partial charge is 0.335 e. The zero-order valence-corrected chi connectivity index (χ0v) is 17.4. The average molecular weight is 355 g/mol. The first kappa shape index (κ1) is 20.2. The Bertz CT molecular complexity index is 395. The zero-order chi connectivity index (χ0) is 16.2. The van der Waals surface area contributed by atoms with Crippen molar-refractivity contribution in [3.8, 4) is 0 Å². The summed E-state index contributed by atoms with van der Waals surface area (Å²) in [5.74, 6) is -0.489. The molecule has 20 heavy (non-hydrogen) atoms. The van der Waals surface area contributed by atoms with Gasteiger partial charge >= 0.3 is 7.60 Å². The van der Waals surface area contributed by atoms with Crippen LogP contribution < -0.4 is 5.43 Å². The van der Waals surface area contributed by atoms with Crippen molar-refractivity contribution in [3.63, 3.8) is 0 Å². The number of thiocarbonyl (C=S) groups is 1. The van der Waals surface area contributed by atoms with Crippen LogP contribution in [-0.2, 0) is 13.0 Å². The SMILES string of the molecule is CC(C)C(NN=C=S)P(=O)(O[Si](C)(C)C)O[Si](C)(C)C. The Balaban J connectivity index is 5.56. The van der Waals surface area contributed by atoms with Gasteiger partial charge in [-0.25, -0.2) is 0 Å². The molecule has 0 heterocycles. The fourth-order valence-electron chi connectivity index (χ4n) is 1.57. The standard InChI is InChI=1S/C11H27N2O3PSSi2/c1-10(2)11(13-12-9-18)17(14,15-19(3,4)5)16-20(6,7)8/h10-11,13H,1-8H3. The highest BCUT2D eigenvalue weighted by atomic mass is 32.1. The molecule has 0 fully saturated rings. The highest BCUT2D eigenvalue weighted by Crippen LogP contribution is 2.58. The molecule has 0 spiro atoms. The normalized spacial score (nSPS) is 14.8. The lowest BCUT2D eigenvalue weighted by Gasteiger charge is -2.36. The molecule has 0 aromatic heterocycles. The maximum atomic E-state index is 13.3. The van der Waals surface area contributed by atoms with Crippen LogP contribution >= 0.6 is 19.8 Å². The third kappa shape index (κ3) is 7.83. The van der Waals surface area contributed by atoms with Gasteiger partial charge in [0, 0.05) is 0 Å². The van der Waals surface area contributed by atoms with Crippen LogP contribution in [0.1, 0.15) is 13.8 Å². The van der Waals surface area contributed by atoms with E-state index >= 15 is 0 Å². The van der Waals surface area contributed by atoms with Gasteiger partial charge in [0.05, 0.1) is 5.16 Å². The topological polar surface area (TPSA) is 59.9 Å². The fraction of sp³-hybridized carbons (Fsp3) is 0.909. The minimum atomic E-state index is -3.33. The van der Waals surface area contributed by atoms with Crippen molar-refractivity contribution in [1.82, 2.24) is 5.43 Å². The van der Waals surface area contributed by atoms with E-state index in [0.29, 0.717) is 0 Å². The molecule has 0 aromatic rings. The van der Waals surface area contributed by atoms with Gasteiger partial charge in [0.15, 0.2) is 16.6 Å². The van der Waals surface area contributed by atoms with Crippen LogP contribution in [0.3, 0.4) is 0 Å². The Morgan fingerprint density at radius 2 is 1.50 bits per heavy atom. The lowest BCUT2D eigenvalue weighted by atomic mass is 10.2. The van der Waals surface area contributed by atoms with Gasteiger partial charge in [-0.2, -0.15) is 0 Å². The van der Waals surface area contributed by atoms with E-state index in [4.69, 9.17) is 8.43 Å². The molecule has 118 valence electrons. The van der Waals surface area contributed by atoms with E-state index in [9.17, 15) is 4.57 Å². The van der Waals surface area contributed by atoms with Crippen molar-refractivity contribution in [2.75, 3.05) is 0 Å².